The van der Waals surface area contributed by atoms with E-state index in [9.17, 15) is 9.59 Å². The smallest absolute Gasteiger partial charge is 0.327 e. The summed E-state index contributed by atoms with van der Waals surface area (Å²) in [7, 11) is 0. The quantitative estimate of drug-likeness (QED) is 0.831. The Labute approximate surface area is 116 Å². The first-order valence-corrected chi connectivity index (χ1v) is 7.58. The molecular weight excluding hydrogens is 262 g/mol. The van der Waals surface area contributed by atoms with Gasteiger partial charge in [0.05, 0.1) is 5.41 Å². The van der Waals surface area contributed by atoms with Crippen LogP contribution in [-0.4, -0.2) is 35.0 Å². The molecule has 0 unspecified atom stereocenters. The summed E-state index contributed by atoms with van der Waals surface area (Å²) < 4.78 is 0. The highest BCUT2D eigenvalue weighted by molar-refractivity contribution is 7.98. The Morgan fingerprint density at radius 2 is 2.00 bits per heavy atom. The maximum absolute atomic E-state index is 12.3. The highest BCUT2D eigenvalue weighted by atomic mass is 32.2. The molecule has 0 aromatic heterocycles. The fourth-order valence-corrected chi connectivity index (χ4v) is 2.73. The molecule has 1 aliphatic rings. The molecule has 2 rings (SSSR count). The van der Waals surface area contributed by atoms with Crippen molar-refractivity contribution < 1.29 is 14.7 Å². The fourth-order valence-electron chi connectivity index (χ4n) is 2.17. The minimum atomic E-state index is -0.980. The molecule has 5 heteroatoms. The van der Waals surface area contributed by atoms with Crippen LogP contribution in [0.3, 0.4) is 0 Å². The van der Waals surface area contributed by atoms with Crippen LogP contribution < -0.4 is 5.32 Å². The van der Waals surface area contributed by atoms with Crippen molar-refractivity contribution in [2.24, 2.45) is 0 Å². The molecule has 0 spiro atoms. The number of carbonyl (C=O) groups excluding carboxylic acids is 1. The zero-order chi connectivity index (χ0) is 13.9. The number of aliphatic carboxylic acids is 1. The molecule has 4 nitrogen and oxygen atoms in total. The molecule has 102 valence electrons. The zero-order valence-electron chi connectivity index (χ0n) is 10.8. The van der Waals surface area contributed by atoms with Gasteiger partial charge in [-0.1, -0.05) is 30.3 Å². The molecule has 1 amide bonds. The van der Waals surface area contributed by atoms with Gasteiger partial charge in [-0.05, 0) is 24.7 Å². The van der Waals surface area contributed by atoms with Gasteiger partial charge >= 0.3 is 5.97 Å². The highest BCUT2D eigenvalue weighted by Gasteiger charge is 2.51. The van der Waals surface area contributed by atoms with E-state index in [0.29, 0.717) is 5.75 Å². The Morgan fingerprint density at radius 1 is 1.37 bits per heavy atom. The van der Waals surface area contributed by atoms with Gasteiger partial charge in [-0.15, -0.1) is 0 Å². The second-order valence-corrected chi connectivity index (χ2v) is 5.68. The molecule has 0 radical (unpaired) electrons. The first-order valence-electron chi connectivity index (χ1n) is 6.18. The van der Waals surface area contributed by atoms with E-state index in [0.717, 1.165) is 18.4 Å². The van der Waals surface area contributed by atoms with Gasteiger partial charge in [0, 0.05) is 5.75 Å². The summed E-state index contributed by atoms with van der Waals surface area (Å²) in [5.41, 5.74) is 0.466. The van der Waals surface area contributed by atoms with Crippen LogP contribution in [0.5, 0.6) is 0 Å². The summed E-state index contributed by atoms with van der Waals surface area (Å²) in [6.45, 7) is 0. The predicted octanol–water partition coefficient (Wildman–Crippen LogP) is 1.65. The van der Waals surface area contributed by atoms with E-state index >= 15 is 0 Å². The average molecular weight is 279 g/mol. The van der Waals surface area contributed by atoms with Crippen molar-refractivity contribution in [3.8, 4) is 0 Å². The number of hydrogen-bond donors (Lipinski definition) is 2. The van der Waals surface area contributed by atoms with Crippen LogP contribution in [0.4, 0.5) is 0 Å². The third kappa shape index (κ3) is 2.92. The number of nitrogens with one attached hydrogen (secondary N) is 1. The number of benzene rings is 1. The minimum absolute atomic E-state index is 0.167. The molecule has 0 bridgehead atoms. The fraction of sp³-hybridized carbons (Fsp3) is 0.429. The van der Waals surface area contributed by atoms with Crippen LogP contribution in [0.1, 0.15) is 18.4 Å². The Bertz CT molecular complexity index is 471. The van der Waals surface area contributed by atoms with Gasteiger partial charge < -0.3 is 10.4 Å². The number of carboxylic acids is 1. The molecule has 2 N–H and O–H groups in total. The number of amides is 1. The molecule has 1 aromatic carbocycles. The van der Waals surface area contributed by atoms with Gasteiger partial charge in [0.2, 0.25) is 5.91 Å². The molecule has 0 heterocycles. The average Bonchev–Trinajstić information content (AvgIpc) is 3.20. The van der Waals surface area contributed by atoms with Gasteiger partial charge in [-0.3, -0.25) is 4.79 Å². The Morgan fingerprint density at radius 3 is 2.47 bits per heavy atom. The maximum Gasteiger partial charge on any atom is 0.327 e. The van der Waals surface area contributed by atoms with Crippen molar-refractivity contribution in [2.75, 3.05) is 12.0 Å². The number of carboxylic acid groups (broad SMARTS) is 1. The lowest BCUT2D eigenvalue weighted by Crippen LogP contribution is -2.47. The molecule has 1 fully saturated rings. The third-order valence-corrected chi connectivity index (χ3v) is 4.11. The van der Waals surface area contributed by atoms with E-state index in [1.165, 1.54) is 11.8 Å². The van der Waals surface area contributed by atoms with Crippen molar-refractivity contribution in [1.82, 2.24) is 5.32 Å². The van der Waals surface area contributed by atoms with Crippen molar-refractivity contribution in [2.45, 2.75) is 24.3 Å². The summed E-state index contributed by atoms with van der Waals surface area (Å²) in [5.74, 6) is -0.766. The second-order valence-electron chi connectivity index (χ2n) is 4.77. The molecule has 1 aromatic rings. The lowest BCUT2D eigenvalue weighted by molar-refractivity contribution is -0.141. The molecular formula is C14H17NO3S. The van der Waals surface area contributed by atoms with Gasteiger partial charge in [-0.2, -0.15) is 11.8 Å². The molecule has 1 aliphatic carbocycles. The maximum atomic E-state index is 12.3. The number of rotatable bonds is 6. The lowest BCUT2D eigenvalue weighted by atomic mass is 9.95. The molecule has 1 atom stereocenters. The molecule has 1 saturated carbocycles. The van der Waals surface area contributed by atoms with Gasteiger partial charge in [-0.25, -0.2) is 4.79 Å². The highest BCUT2D eigenvalue weighted by Crippen LogP contribution is 2.48. The Balaban J connectivity index is 2.10. The topological polar surface area (TPSA) is 66.4 Å². The monoisotopic (exact) mass is 279 g/mol. The van der Waals surface area contributed by atoms with E-state index in [-0.39, 0.29) is 5.91 Å². The number of hydrogen-bond acceptors (Lipinski definition) is 3. The van der Waals surface area contributed by atoms with Crippen LogP contribution in [0.25, 0.3) is 0 Å². The van der Waals surface area contributed by atoms with E-state index < -0.39 is 17.4 Å². The van der Waals surface area contributed by atoms with Crippen LogP contribution in [-0.2, 0) is 15.0 Å². The summed E-state index contributed by atoms with van der Waals surface area (Å²) in [6.07, 6.45) is 3.40. The largest absolute Gasteiger partial charge is 0.480 e. The van der Waals surface area contributed by atoms with Crippen molar-refractivity contribution in [3.05, 3.63) is 35.9 Å². The van der Waals surface area contributed by atoms with Crippen LogP contribution >= 0.6 is 11.8 Å². The Hall–Kier alpha value is -1.49. The van der Waals surface area contributed by atoms with Gasteiger partial charge in [0.25, 0.3) is 0 Å². The predicted molar refractivity (Wildman–Crippen MR) is 75.3 cm³/mol. The SMILES string of the molecule is CSC[C@H](NC(=O)C1(c2ccccc2)CC1)C(=O)O. The van der Waals surface area contributed by atoms with Gasteiger partial charge in [0.15, 0.2) is 0 Å². The van der Waals surface area contributed by atoms with Crippen LogP contribution in [0.15, 0.2) is 30.3 Å². The second kappa shape index (κ2) is 5.65. The molecule has 0 saturated heterocycles. The van der Waals surface area contributed by atoms with E-state index in [4.69, 9.17) is 5.11 Å². The zero-order valence-corrected chi connectivity index (χ0v) is 11.6. The van der Waals surface area contributed by atoms with Crippen LogP contribution in [0, 0.1) is 0 Å². The standard InChI is InChI=1S/C14H17NO3S/c1-19-9-11(12(16)17)15-13(18)14(7-8-14)10-5-3-2-4-6-10/h2-6,11H,7-9H2,1H3,(H,15,18)(H,16,17)/t11-/m0/s1. The summed E-state index contributed by atoms with van der Waals surface area (Å²) in [6, 6.07) is 8.75. The number of thioether (sulfide) groups is 1. The normalized spacial score (nSPS) is 17.5. The third-order valence-electron chi connectivity index (χ3n) is 3.45. The van der Waals surface area contributed by atoms with Crippen molar-refractivity contribution >= 4 is 23.6 Å². The van der Waals surface area contributed by atoms with E-state index in [2.05, 4.69) is 5.32 Å². The van der Waals surface area contributed by atoms with Crippen molar-refractivity contribution in [1.29, 1.82) is 0 Å². The summed E-state index contributed by atoms with van der Waals surface area (Å²) in [5, 5.41) is 11.7. The summed E-state index contributed by atoms with van der Waals surface area (Å²) >= 11 is 1.41. The Kier molecular flexibility index (Phi) is 4.14. The minimum Gasteiger partial charge on any atom is -0.480 e. The molecule has 0 aliphatic heterocycles. The van der Waals surface area contributed by atoms with E-state index in [1.54, 1.807) is 0 Å². The van der Waals surface area contributed by atoms with E-state index in [1.807, 2.05) is 36.6 Å². The molecule has 19 heavy (non-hydrogen) atoms. The summed E-state index contributed by atoms with van der Waals surface area (Å²) in [4.78, 5) is 23.4. The number of carbonyl (C=O) groups is 2. The van der Waals surface area contributed by atoms with Crippen molar-refractivity contribution in [3.63, 3.8) is 0 Å². The van der Waals surface area contributed by atoms with Crippen LogP contribution in [0.2, 0.25) is 0 Å². The lowest BCUT2D eigenvalue weighted by Gasteiger charge is -2.19. The first-order chi connectivity index (χ1) is 9.10. The first kappa shape index (κ1) is 13.9. The van der Waals surface area contributed by atoms with Gasteiger partial charge in [0.1, 0.15) is 6.04 Å².